The molecule has 4 heteroatoms. The quantitative estimate of drug-likeness (QED) is 0.785. The Balaban J connectivity index is 2.57. The van der Waals surface area contributed by atoms with Gasteiger partial charge in [0.2, 0.25) is 0 Å². The molecule has 0 bridgehead atoms. The lowest BCUT2D eigenvalue weighted by atomic mass is 10.0. The van der Waals surface area contributed by atoms with Gasteiger partial charge < -0.3 is 5.11 Å². The normalized spacial score (nSPS) is 21.5. The second-order valence-corrected chi connectivity index (χ2v) is 5.24. The van der Waals surface area contributed by atoms with E-state index in [2.05, 4.69) is 15.9 Å². The summed E-state index contributed by atoms with van der Waals surface area (Å²) in [6, 6.07) is 3.11. The zero-order valence-electron chi connectivity index (χ0n) is 7.46. The molecule has 0 saturated carbocycles. The van der Waals surface area contributed by atoms with Gasteiger partial charge in [0, 0.05) is 21.4 Å². The Kier molecular flexibility index (Phi) is 3.14. The molecular weight excluding hydrogens is 267 g/mol. The topological polar surface area (TPSA) is 20.2 Å². The fourth-order valence-electron chi connectivity index (χ4n) is 1.63. The Bertz CT molecular complexity index is 356. The van der Waals surface area contributed by atoms with Gasteiger partial charge in [0.1, 0.15) is 5.82 Å². The molecule has 76 valence electrons. The average Bonchev–Trinajstić information content (AvgIpc) is 2.35. The van der Waals surface area contributed by atoms with Crippen LogP contribution in [0.5, 0.6) is 0 Å². The van der Waals surface area contributed by atoms with Crippen molar-refractivity contribution in [2.75, 3.05) is 5.75 Å². The van der Waals surface area contributed by atoms with E-state index in [4.69, 9.17) is 0 Å². The molecule has 0 fully saturated rings. The van der Waals surface area contributed by atoms with Gasteiger partial charge in [-0.1, -0.05) is 15.9 Å². The van der Waals surface area contributed by atoms with Crippen LogP contribution in [0.25, 0.3) is 0 Å². The van der Waals surface area contributed by atoms with Crippen LogP contribution in [0.15, 0.2) is 16.6 Å². The first-order valence-corrected chi connectivity index (χ1v) is 6.37. The molecule has 0 aliphatic carbocycles. The smallest absolute Gasteiger partial charge is 0.127 e. The second-order valence-electron chi connectivity index (χ2n) is 3.28. The molecule has 1 aromatic carbocycles. The minimum absolute atomic E-state index is 0.211. The summed E-state index contributed by atoms with van der Waals surface area (Å²) in [5.41, 5.74) is 1.38. The molecule has 1 unspecified atom stereocenters. The first kappa shape index (κ1) is 10.5. The van der Waals surface area contributed by atoms with Crippen LogP contribution in [0.1, 0.15) is 23.7 Å². The molecular formula is C10H10BrFOS. The van der Waals surface area contributed by atoms with Gasteiger partial charge in [-0.15, -0.1) is 0 Å². The van der Waals surface area contributed by atoms with E-state index >= 15 is 0 Å². The zero-order valence-corrected chi connectivity index (χ0v) is 9.87. The van der Waals surface area contributed by atoms with E-state index < -0.39 is 6.10 Å². The molecule has 1 aliphatic heterocycles. The monoisotopic (exact) mass is 276 g/mol. The molecule has 0 radical (unpaired) electrons. The molecule has 0 aromatic heterocycles. The van der Waals surface area contributed by atoms with E-state index in [1.807, 2.05) is 0 Å². The zero-order chi connectivity index (χ0) is 10.1. The van der Waals surface area contributed by atoms with Gasteiger partial charge in [-0.2, -0.15) is 11.8 Å². The molecule has 0 spiro atoms. The maximum Gasteiger partial charge on any atom is 0.127 e. The first-order chi connectivity index (χ1) is 6.70. The van der Waals surface area contributed by atoms with Crippen molar-refractivity contribution in [1.82, 2.24) is 0 Å². The predicted molar refractivity (Wildman–Crippen MR) is 59.8 cm³/mol. The minimum Gasteiger partial charge on any atom is -0.388 e. The van der Waals surface area contributed by atoms with Crippen molar-refractivity contribution in [2.24, 2.45) is 0 Å². The molecule has 1 N–H and O–H groups in total. The molecule has 1 atom stereocenters. The van der Waals surface area contributed by atoms with E-state index in [9.17, 15) is 9.50 Å². The maximum atomic E-state index is 13.5. The number of thioether (sulfide) groups is 1. The lowest BCUT2D eigenvalue weighted by Gasteiger charge is -2.13. The van der Waals surface area contributed by atoms with Crippen LogP contribution in [0.2, 0.25) is 0 Å². The van der Waals surface area contributed by atoms with Crippen molar-refractivity contribution in [3.05, 3.63) is 33.5 Å². The number of hydrogen-bond donors (Lipinski definition) is 1. The van der Waals surface area contributed by atoms with Crippen molar-refractivity contribution in [1.29, 1.82) is 0 Å². The fraction of sp³-hybridized carbons (Fsp3) is 0.400. The fourth-order valence-corrected chi connectivity index (χ4v) is 3.30. The molecule has 1 heterocycles. The van der Waals surface area contributed by atoms with Gasteiger partial charge in [0.15, 0.2) is 0 Å². The average molecular weight is 277 g/mol. The number of benzene rings is 1. The summed E-state index contributed by atoms with van der Waals surface area (Å²) < 4.78 is 14.3. The van der Waals surface area contributed by atoms with Crippen molar-refractivity contribution in [3.8, 4) is 0 Å². The van der Waals surface area contributed by atoms with Gasteiger partial charge in [-0.3, -0.25) is 0 Å². The predicted octanol–water partition coefficient (Wildman–Crippen LogP) is 3.26. The maximum absolute atomic E-state index is 13.5. The summed E-state index contributed by atoms with van der Waals surface area (Å²) >= 11 is 5.02. The third-order valence-corrected chi connectivity index (χ3v) is 4.07. The number of fused-ring (bicyclic) bond motifs is 1. The van der Waals surface area contributed by atoms with Crippen molar-refractivity contribution >= 4 is 27.7 Å². The van der Waals surface area contributed by atoms with Crippen LogP contribution in [0, 0.1) is 5.82 Å². The van der Waals surface area contributed by atoms with E-state index in [0.717, 1.165) is 15.8 Å². The summed E-state index contributed by atoms with van der Waals surface area (Å²) in [6.45, 7) is 0. The molecule has 14 heavy (non-hydrogen) atoms. The van der Waals surface area contributed by atoms with Crippen LogP contribution < -0.4 is 0 Å². The Labute approximate surface area is 94.8 Å². The van der Waals surface area contributed by atoms with Gasteiger partial charge in [0.05, 0.1) is 6.10 Å². The number of aliphatic hydroxyl groups excluding tert-OH is 1. The third-order valence-electron chi connectivity index (χ3n) is 2.36. The number of aliphatic hydroxyl groups is 1. The van der Waals surface area contributed by atoms with Crippen molar-refractivity contribution in [2.45, 2.75) is 18.3 Å². The standard InChI is InChI=1S/C10H10BrFOS/c11-7-1-2-8(12)6-5-14-4-3-9(13)10(6)7/h1-2,9,13H,3-5H2. The summed E-state index contributed by atoms with van der Waals surface area (Å²) in [4.78, 5) is 0. The highest BCUT2D eigenvalue weighted by atomic mass is 79.9. The minimum atomic E-state index is -0.537. The SMILES string of the molecule is OC1CCSCc2c(F)ccc(Br)c21. The highest BCUT2D eigenvalue weighted by Gasteiger charge is 2.21. The highest BCUT2D eigenvalue weighted by Crippen LogP contribution is 2.36. The highest BCUT2D eigenvalue weighted by molar-refractivity contribution is 9.10. The largest absolute Gasteiger partial charge is 0.388 e. The van der Waals surface area contributed by atoms with Crippen LogP contribution in [-0.2, 0) is 5.75 Å². The van der Waals surface area contributed by atoms with Crippen molar-refractivity contribution in [3.63, 3.8) is 0 Å². The van der Waals surface area contributed by atoms with Crippen LogP contribution >= 0.6 is 27.7 Å². The Hall–Kier alpha value is -0.0600. The second kappa shape index (κ2) is 4.21. The van der Waals surface area contributed by atoms with Gasteiger partial charge in [0.25, 0.3) is 0 Å². The lowest BCUT2D eigenvalue weighted by molar-refractivity contribution is 0.173. The molecule has 1 aliphatic rings. The Morgan fingerprint density at radius 3 is 3.07 bits per heavy atom. The summed E-state index contributed by atoms with van der Waals surface area (Å²) in [5.74, 6) is 1.32. The van der Waals surface area contributed by atoms with Gasteiger partial charge >= 0.3 is 0 Å². The van der Waals surface area contributed by atoms with E-state index in [1.165, 1.54) is 6.07 Å². The van der Waals surface area contributed by atoms with Crippen LogP contribution in [0.4, 0.5) is 4.39 Å². The van der Waals surface area contributed by atoms with Crippen LogP contribution in [0.3, 0.4) is 0 Å². The number of rotatable bonds is 0. The van der Waals surface area contributed by atoms with E-state index in [1.54, 1.807) is 17.8 Å². The first-order valence-electron chi connectivity index (χ1n) is 4.42. The number of hydrogen-bond acceptors (Lipinski definition) is 2. The summed E-state index contributed by atoms with van der Waals surface area (Å²) in [6.07, 6.45) is 0.157. The Morgan fingerprint density at radius 2 is 2.29 bits per heavy atom. The van der Waals surface area contributed by atoms with E-state index in [-0.39, 0.29) is 5.82 Å². The number of halogens is 2. The molecule has 0 amide bonds. The molecule has 1 nitrogen and oxygen atoms in total. The van der Waals surface area contributed by atoms with Crippen LogP contribution in [-0.4, -0.2) is 10.9 Å². The van der Waals surface area contributed by atoms with E-state index in [0.29, 0.717) is 17.7 Å². The van der Waals surface area contributed by atoms with Gasteiger partial charge in [-0.05, 0) is 24.3 Å². The third kappa shape index (κ3) is 1.83. The molecule has 0 saturated heterocycles. The van der Waals surface area contributed by atoms with Crippen molar-refractivity contribution < 1.29 is 9.50 Å². The summed E-state index contributed by atoms with van der Waals surface area (Å²) in [7, 11) is 0. The van der Waals surface area contributed by atoms with Gasteiger partial charge in [-0.25, -0.2) is 4.39 Å². The molecule has 2 rings (SSSR count). The Morgan fingerprint density at radius 1 is 1.50 bits per heavy atom. The molecule has 1 aromatic rings. The lowest BCUT2D eigenvalue weighted by Crippen LogP contribution is -2.02. The summed E-state index contributed by atoms with van der Waals surface area (Å²) in [5, 5.41) is 9.84.